The van der Waals surface area contributed by atoms with Gasteiger partial charge in [0, 0.05) is 13.0 Å². The van der Waals surface area contributed by atoms with Crippen LogP contribution in [-0.2, 0) is 27.9 Å². The van der Waals surface area contributed by atoms with Crippen LogP contribution >= 0.6 is 7.82 Å². The van der Waals surface area contributed by atoms with E-state index in [4.69, 9.17) is 24.3 Å². The van der Waals surface area contributed by atoms with Crippen LogP contribution in [0, 0.1) is 0 Å². The number of phosphoric acid groups is 1. The molecule has 0 amide bonds. The van der Waals surface area contributed by atoms with E-state index in [-0.39, 0.29) is 32.3 Å². The summed E-state index contributed by atoms with van der Waals surface area (Å²) in [7, 11) is -4.28. The summed E-state index contributed by atoms with van der Waals surface area (Å²) >= 11 is 0. The minimum Gasteiger partial charge on any atom is -0.498 e. The van der Waals surface area contributed by atoms with Crippen molar-refractivity contribution in [2.45, 2.75) is 200 Å². The molecule has 2 atom stereocenters. The molecule has 0 aromatic carbocycles. The second kappa shape index (κ2) is 36.4. The first-order valence-corrected chi connectivity index (χ1v) is 21.2. The van der Waals surface area contributed by atoms with Crippen LogP contribution in [0.2, 0.25) is 0 Å². The van der Waals surface area contributed by atoms with E-state index in [0.29, 0.717) is 6.42 Å². The predicted molar refractivity (Wildman–Crippen MR) is 196 cm³/mol. The van der Waals surface area contributed by atoms with Gasteiger partial charge in [0.05, 0.1) is 19.5 Å². The lowest BCUT2D eigenvalue weighted by Gasteiger charge is -2.19. The normalized spacial score (nSPS) is 13.6. The summed E-state index contributed by atoms with van der Waals surface area (Å²) in [6.07, 6.45) is 37.4. The summed E-state index contributed by atoms with van der Waals surface area (Å²) in [6, 6.07) is 0. The largest absolute Gasteiger partial charge is 0.498 e. The smallest absolute Gasteiger partial charge is 0.472 e. The van der Waals surface area contributed by atoms with Gasteiger partial charge in [-0.15, -0.1) is 0 Å². The number of hydrogen-bond donors (Lipinski definition) is 2. The van der Waals surface area contributed by atoms with Crippen LogP contribution in [0.15, 0.2) is 12.3 Å². The minimum absolute atomic E-state index is 0.0380. The zero-order valence-corrected chi connectivity index (χ0v) is 31.7. The molecule has 0 radical (unpaired) electrons. The van der Waals surface area contributed by atoms with Crippen molar-refractivity contribution in [3.8, 4) is 0 Å². The first-order chi connectivity index (χ1) is 22.9. The van der Waals surface area contributed by atoms with Crippen molar-refractivity contribution < 1.29 is 32.8 Å². The van der Waals surface area contributed by atoms with E-state index >= 15 is 0 Å². The van der Waals surface area contributed by atoms with Crippen LogP contribution < -0.4 is 5.73 Å². The van der Waals surface area contributed by atoms with Crippen LogP contribution in [0.25, 0.3) is 0 Å². The Bertz CT molecular complexity index is 737. The number of carbonyl (C=O) groups excluding carboxylic acids is 1. The molecule has 1 unspecified atom stereocenters. The number of hydrogen-bond acceptors (Lipinski definition) is 7. The quantitative estimate of drug-likeness (QED) is 0.0285. The number of carbonyl (C=O) groups is 1. The Morgan fingerprint density at radius 2 is 1.06 bits per heavy atom. The summed E-state index contributed by atoms with van der Waals surface area (Å²) < 4.78 is 33.1. The maximum atomic E-state index is 12.5. The van der Waals surface area contributed by atoms with Crippen LogP contribution in [0.1, 0.15) is 194 Å². The molecule has 0 aliphatic heterocycles. The standard InChI is InChI=1S/C38H76NO7P/c1-3-5-7-9-11-13-15-17-18-19-20-22-24-26-28-30-33-43-35-37(36-45-47(41,42)44-34-32-39)46-38(40)31-29-27-25-23-21-16-14-12-10-8-6-4-2/h30,33,37H,3-29,31-32,34-36,39H2,1-2H3,(H,41,42)/b33-30-/t37-/m1/s1. The summed E-state index contributed by atoms with van der Waals surface area (Å²) in [5, 5.41) is 0. The van der Waals surface area contributed by atoms with Gasteiger partial charge in [0.25, 0.3) is 0 Å². The molecule has 0 aliphatic carbocycles. The van der Waals surface area contributed by atoms with Gasteiger partial charge in [-0.2, -0.15) is 0 Å². The highest BCUT2D eigenvalue weighted by molar-refractivity contribution is 7.47. The summed E-state index contributed by atoms with van der Waals surface area (Å²) in [5.74, 6) is -0.351. The van der Waals surface area contributed by atoms with Gasteiger partial charge in [0.15, 0.2) is 6.10 Å². The first kappa shape index (κ1) is 46.1. The van der Waals surface area contributed by atoms with E-state index < -0.39 is 13.9 Å². The van der Waals surface area contributed by atoms with Gasteiger partial charge in [0.2, 0.25) is 0 Å². The van der Waals surface area contributed by atoms with Crippen molar-refractivity contribution in [1.29, 1.82) is 0 Å². The van der Waals surface area contributed by atoms with Crippen molar-refractivity contribution in [2.24, 2.45) is 5.73 Å². The Kier molecular flexibility index (Phi) is 35.7. The second-order valence-corrected chi connectivity index (χ2v) is 14.7. The van der Waals surface area contributed by atoms with Gasteiger partial charge >= 0.3 is 13.8 Å². The second-order valence-electron chi connectivity index (χ2n) is 13.2. The molecule has 0 saturated heterocycles. The van der Waals surface area contributed by atoms with Crippen LogP contribution in [-0.4, -0.2) is 43.3 Å². The van der Waals surface area contributed by atoms with Crippen LogP contribution in [0.4, 0.5) is 0 Å². The molecule has 47 heavy (non-hydrogen) atoms. The average Bonchev–Trinajstić information content (AvgIpc) is 3.06. The van der Waals surface area contributed by atoms with Gasteiger partial charge in [-0.3, -0.25) is 13.8 Å². The zero-order valence-electron chi connectivity index (χ0n) is 30.8. The molecular formula is C38H76NO7P. The fourth-order valence-electron chi connectivity index (χ4n) is 5.61. The van der Waals surface area contributed by atoms with Gasteiger partial charge in [-0.25, -0.2) is 4.57 Å². The Morgan fingerprint density at radius 1 is 0.638 bits per heavy atom. The monoisotopic (exact) mass is 690 g/mol. The first-order valence-electron chi connectivity index (χ1n) is 19.7. The molecule has 0 fully saturated rings. The highest BCUT2D eigenvalue weighted by Crippen LogP contribution is 2.43. The van der Waals surface area contributed by atoms with Gasteiger partial charge < -0.3 is 20.1 Å². The predicted octanol–water partition coefficient (Wildman–Crippen LogP) is 11.5. The number of rotatable bonds is 38. The van der Waals surface area contributed by atoms with Crippen molar-refractivity contribution >= 4 is 13.8 Å². The maximum Gasteiger partial charge on any atom is 0.472 e. The summed E-state index contributed by atoms with van der Waals surface area (Å²) in [6.45, 7) is 4.25. The third kappa shape index (κ3) is 36.2. The molecule has 9 heteroatoms. The highest BCUT2D eigenvalue weighted by Gasteiger charge is 2.25. The molecule has 0 bridgehead atoms. The number of unbranched alkanes of at least 4 members (excludes halogenated alkanes) is 25. The van der Waals surface area contributed by atoms with E-state index in [1.807, 2.05) is 6.08 Å². The molecule has 0 rings (SSSR count). The van der Waals surface area contributed by atoms with E-state index in [0.717, 1.165) is 32.1 Å². The Labute approximate surface area is 290 Å². The number of allylic oxidation sites excluding steroid dienone is 1. The fraction of sp³-hybridized carbons (Fsp3) is 0.921. The molecule has 280 valence electrons. The van der Waals surface area contributed by atoms with Crippen molar-refractivity contribution in [3.05, 3.63) is 12.3 Å². The van der Waals surface area contributed by atoms with Gasteiger partial charge in [-0.1, -0.05) is 168 Å². The van der Waals surface area contributed by atoms with Crippen molar-refractivity contribution in [2.75, 3.05) is 26.4 Å². The van der Waals surface area contributed by atoms with E-state index in [9.17, 15) is 14.3 Å². The van der Waals surface area contributed by atoms with Gasteiger partial charge in [0.1, 0.15) is 6.61 Å². The summed E-state index contributed by atoms with van der Waals surface area (Å²) in [5.41, 5.74) is 5.35. The summed E-state index contributed by atoms with van der Waals surface area (Å²) in [4.78, 5) is 22.3. The lowest BCUT2D eigenvalue weighted by molar-refractivity contribution is -0.153. The van der Waals surface area contributed by atoms with Crippen molar-refractivity contribution in [3.63, 3.8) is 0 Å². The topological polar surface area (TPSA) is 117 Å². The molecule has 0 aromatic rings. The molecule has 0 aliphatic rings. The molecule has 3 N–H and O–H groups in total. The van der Waals surface area contributed by atoms with E-state index in [1.165, 1.54) is 141 Å². The Hall–Kier alpha value is -0.920. The number of nitrogens with two attached hydrogens (primary N) is 1. The number of esters is 1. The Morgan fingerprint density at radius 3 is 1.51 bits per heavy atom. The maximum absolute atomic E-state index is 12.5. The molecular weight excluding hydrogens is 613 g/mol. The van der Waals surface area contributed by atoms with Gasteiger partial charge in [-0.05, 0) is 25.3 Å². The average molecular weight is 690 g/mol. The SMILES string of the molecule is CCCCCCCCCCCCCCCC/C=C\OC[C@H](COP(=O)(O)OCCN)OC(=O)CCCCCCCCCCCCCC. The highest BCUT2D eigenvalue weighted by atomic mass is 31.2. The lowest BCUT2D eigenvalue weighted by Crippen LogP contribution is -2.27. The third-order valence-corrected chi connectivity index (χ3v) is 9.51. The number of phosphoric ester groups is 1. The molecule has 0 heterocycles. The zero-order chi connectivity index (χ0) is 34.5. The van der Waals surface area contributed by atoms with E-state index in [2.05, 4.69) is 13.8 Å². The molecule has 0 spiro atoms. The lowest BCUT2D eigenvalue weighted by atomic mass is 10.0. The minimum atomic E-state index is -4.28. The molecule has 0 aromatic heterocycles. The Balaban J connectivity index is 4.09. The van der Waals surface area contributed by atoms with E-state index in [1.54, 1.807) is 6.26 Å². The molecule has 0 saturated carbocycles. The van der Waals surface area contributed by atoms with Crippen LogP contribution in [0.5, 0.6) is 0 Å². The third-order valence-electron chi connectivity index (χ3n) is 8.53. The molecule has 8 nitrogen and oxygen atoms in total. The number of ether oxygens (including phenoxy) is 2. The van der Waals surface area contributed by atoms with Crippen molar-refractivity contribution in [1.82, 2.24) is 0 Å². The van der Waals surface area contributed by atoms with Crippen LogP contribution in [0.3, 0.4) is 0 Å². The fourth-order valence-corrected chi connectivity index (χ4v) is 6.37.